The molecule has 0 bridgehead atoms. The van der Waals surface area contributed by atoms with E-state index in [0.29, 0.717) is 12.5 Å². The van der Waals surface area contributed by atoms with Crippen LogP contribution in [0.5, 0.6) is 0 Å². The summed E-state index contributed by atoms with van der Waals surface area (Å²) in [6.45, 7) is 1.05. The van der Waals surface area contributed by atoms with Crippen molar-refractivity contribution < 1.29 is 4.79 Å². The Morgan fingerprint density at radius 1 is 1.56 bits per heavy atom. The smallest absolute Gasteiger partial charge is 0.228 e. The van der Waals surface area contributed by atoms with E-state index in [0.717, 1.165) is 18.7 Å². The maximum Gasteiger partial charge on any atom is 0.228 e. The number of H-pyrrole nitrogens is 1. The highest BCUT2D eigenvalue weighted by Gasteiger charge is 2.19. The largest absolute Gasteiger partial charge is 0.366 e. The summed E-state index contributed by atoms with van der Waals surface area (Å²) in [5, 5.41) is 3.39. The second kappa shape index (κ2) is 5.16. The Labute approximate surface area is 96.0 Å². The monoisotopic (exact) mass is 221 g/mol. The van der Waals surface area contributed by atoms with Crippen LogP contribution in [-0.2, 0) is 4.79 Å². The highest BCUT2D eigenvalue weighted by atomic mass is 16.2. The molecule has 2 N–H and O–H groups in total. The fourth-order valence-corrected chi connectivity index (χ4v) is 2.11. The number of hydrogen-bond acceptors (Lipinski definition) is 2. The van der Waals surface area contributed by atoms with Crippen LogP contribution in [0.4, 0.5) is 5.69 Å². The fourth-order valence-electron chi connectivity index (χ4n) is 2.11. The molecule has 1 amide bonds. The van der Waals surface area contributed by atoms with Gasteiger partial charge < -0.3 is 15.2 Å². The number of hydrogen-bond donors (Lipinski definition) is 2. The lowest BCUT2D eigenvalue weighted by atomic mass is 10.0. The van der Waals surface area contributed by atoms with Crippen molar-refractivity contribution in [1.29, 1.82) is 0 Å². The normalized spacial score (nSPS) is 20.7. The zero-order valence-corrected chi connectivity index (χ0v) is 9.70. The predicted molar refractivity (Wildman–Crippen MR) is 64.5 cm³/mol. The van der Waals surface area contributed by atoms with E-state index in [2.05, 4.69) is 10.3 Å². The Balaban J connectivity index is 1.87. The van der Waals surface area contributed by atoms with Crippen molar-refractivity contribution in [2.75, 3.05) is 18.5 Å². The maximum atomic E-state index is 12.0. The molecule has 2 heterocycles. The van der Waals surface area contributed by atoms with E-state index < -0.39 is 0 Å². The van der Waals surface area contributed by atoms with E-state index in [9.17, 15) is 4.79 Å². The molecule has 0 aromatic carbocycles. The molecule has 0 spiro atoms. The number of amides is 1. The Morgan fingerprint density at radius 3 is 3.06 bits per heavy atom. The minimum Gasteiger partial charge on any atom is -0.366 e. The van der Waals surface area contributed by atoms with Gasteiger partial charge in [-0.1, -0.05) is 6.42 Å². The molecule has 1 unspecified atom stereocenters. The van der Waals surface area contributed by atoms with E-state index in [4.69, 9.17) is 0 Å². The van der Waals surface area contributed by atoms with E-state index in [-0.39, 0.29) is 5.91 Å². The Hall–Kier alpha value is -1.29. The van der Waals surface area contributed by atoms with Gasteiger partial charge in [-0.3, -0.25) is 4.79 Å². The number of nitrogens with one attached hydrogen (secondary N) is 2. The van der Waals surface area contributed by atoms with Gasteiger partial charge in [0.1, 0.15) is 0 Å². The number of piperidine rings is 1. The zero-order chi connectivity index (χ0) is 11.4. The van der Waals surface area contributed by atoms with Crippen molar-refractivity contribution in [1.82, 2.24) is 10.3 Å². The molecular weight excluding hydrogens is 202 g/mol. The molecule has 4 heteroatoms. The molecule has 1 saturated heterocycles. The summed E-state index contributed by atoms with van der Waals surface area (Å²) in [4.78, 5) is 16.7. The molecule has 2 rings (SSSR count). The van der Waals surface area contributed by atoms with Crippen molar-refractivity contribution in [3.05, 3.63) is 18.5 Å². The molecule has 0 saturated carbocycles. The minimum atomic E-state index is 0.180. The van der Waals surface area contributed by atoms with E-state index in [1.165, 1.54) is 12.8 Å². The summed E-state index contributed by atoms with van der Waals surface area (Å²) < 4.78 is 0. The highest BCUT2D eigenvalue weighted by Crippen LogP contribution is 2.15. The molecule has 1 aromatic heterocycles. The summed E-state index contributed by atoms with van der Waals surface area (Å²) in [7, 11) is 1.83. The number of rotatable bonds is 3. The molecule has 0 radical (unpaired) electrons. The van der Waals surface area contributed by atoms with Crippen LogP contribution in [0.2, 0.25) is 0 Å². The molecule has 1 aliphatic rings. The third-order valence-corrected chi connectivity index (χ3v) is 3.18. The topological polar surface area (TPSA) is 48.1 Å². The molecule has 88 valence electrons. The second-order valence-corrected chi connectivity index (χ2v) is 4.37. The molecule has 16 heavy (non-hydrogen) atoms. The average Bonchev–Trinajstić information content (AvgIpc) is 2.83. The van der Waals surface area contributed by atoms with Crippen LogP contribution in [0.25, 0.3) is 0 Å². The molecule has 1 aromatic rings. The van der Waals surface area contributed by atoms with Gasteiger partial charge in [-0.05, 0) is 25.5 Å². The van der Waals surface area contributed by atoms with E-state index in [1.54, 1.807) is 4.90 Å². The van der Waals surface area contributed by atoms with Gasteiger partial charge in [0.2, 0.25) is 5.91 Å². The van der Waals surface area contributed by atoms with Crippen molar-refractivity contribution in [3.8, 4) is 0 Å². The number of aromatic nitrogens is 1. The second-order valence-electron chi connectivity index (χ2n) is 4.37. The van der Waals surface area contributed by atoms with Gasteiger partial charge in [-0.15, -0.1) is 0 Å². The lowest BCUT2D eigenvalue weighted by molar-refractivity contribution is -0.118. The van der Waals surface area contributed by atoms with Crippen LogP contribution in [0.1, 0.15) is 25.7 Å². The van der Waals surface area contributed by atoms with Crippen LogP contribution >= 0.6 is 0 Å². The molecule has 1 aliphatic heterocycles. The predicted octanol–water partition coefficient (Wildman–Crippen LogP) is 1.51. The Morgan fingerprint density at radius 2 is 2.44 bits per heavy atom. The van der Waals surface area contributed by atoms with Crippen LogP contribution in [0.15, 0.2) is 18.5 Å². The molecule has 4 nitrogen and oxygen atoms in total. The van der Waals surface area contributed by atoms with Crippen molar-refractivity contribution >= 4 is 11.6 Å². The van der Waals surface area contributed by atoms with Crippen molar-refractivity contribution in [3.63, 3.8) is 0 Å². The first-order valence-corrected chi connectivity index (χ1v) is 5.90. The highest BCUT2D eigenvalue weighted by molar-refractivity contribution is 5.93. The van der Waals surface area contributed by atoms with Crippen LogP contribution < -0.4 is 10.2 Å². The third-order valence-electron chi connectivity index (χ3n) is 3.18. The summed E-state index contributed by atoms with van der Waals surface area (Å²) in [5.74, 6) is 0.180. The van der Waals surface area contributed by atoms with Crippen LogP contribution in [0, 0.1) is 0 Å². The average molecular weight is 221 g/mol. The van der Waals surface area contributed by atoms with E-state index >= 15 is 0 Å². The number of nitrogens with zero attached hydrogens (tertiary/aromatic N) is 1. The number of aromatic amines is 1. The SMILES string of the molecule is CN(C(=O)CC1CCCCN1)c1cc[nH]c1. The van der Waals surface area contributed by atoms with Crippen LogP contribution in [0.3, 0.4) is 0 Å². The minimum absolute atomic E-state index is 0.180. The van der Waals surface area contributed by atoms with Crippen molar-refractivity contribution in [2.45, 2.75) is 31.7 Å². The molecule has 0 aliphatic carbocycles. The Bertz CT molecular complexity index is 328. The standard InChI is InChI=1S/C12H19N3O/c1-15(11-5-7-13-9-11)12(16)8-10-4-2-3-6-14-10/h5,7,9-10,13-14H,2-4,6,8H2,1H3. The first-order valence-electron chi connectivity index (χ1n) is 5.90. The van der Waals surface area contributed by atoms with Crippen molar-refractivity contribution in [2.24, 2.45) is 0 Å². The molecular formula is C12H19N3O. The summed E-state index contributed by atoms with van der Waals surface area (Å²) in [5.41, 5.74) is 0.931. The van der Waals surface area contributed by atoms with E-state index in [1.807, 2.05) is 25.5 Å². The molecule has 1 fully saturated rings. The quantitative estimate of drug-likeness (QED) is 0.812. The fraction of sp³-hybridized carbons (Fsp3) is 0.583. The van der Waals surface area contributed by atoms with Gasteiger partial charge in [0.25, 0.3) is 0 Å². The number of carbonyl (C=O) groups excluding carboxylic acids is 1. The first kappa shape index (κ1) is 11.2. The van der Waals surface area contributed by atoms with Gasteiger partial charge >= 0.3 is 0 Å². The lowest BCUT2D eigenvalue weighted by Crippen LogP contribution is -2.39. The lowest BCUT2D eigenvalue weighted by Gasteiger charge is -2.25. The summed E-state index contributed by atoms with van der Waals surface area (Å²) in [6.07, 6.45) is 7.86. The van der Waals surface area contributed by atoms with Crippen LogP contribution in [-0.4, -0.2) is 30.5 Å². The molecule has 1 atom stereocenters. The van der Waals surface area contributed by atoms with Gasteiger partial charge in [-0.2, -0.15) is 0 Å². The zero-order valence-electron chi connectivity index (χ0n) is 9.70. The number of carbonyl (C=O) groups is 1. The van der Waals surface area contributed by atoms with Gasteiger partial charge in [0, 0.05) is 31.9 Å². The van der Waals surface area contributed by atoms with Gasteiger partial charge in [-0.25, -0.2) is 0 Å². The van der Waals surface area contributed by atoms with Gasteiger partial charge in [0.05, 0.1) is 5.69 Å². The Kier molecular flexibility index (Phi) is 3.62. The summed E-state index contributed by atoms with van der Waals surface area (Å²) >= 11 is 0. The van der Waals surface area contributed by atoms with Gasteiger partial charge in [0.15, 0.2) is 0 Å². The maximum absolute atomic E-state index is 12.0. The first-order chi connectivity index (χ1) is 7.77. The third kappa shape index (κ3) is 2.64. The number of anilines is 1. The summed E-state index contributed by atoms with van der Waals surface area (Å²) in [6, 6.07) is 2.27.